The van der Waals surface area contributed by atoms with Gasteiger partial charge < -0.3 is 10.1 Å². The quantitative estimate of drug-likeness (QED) is 0.680. The molecule has 0 aliphatic rings. The number of hydrogen-bond donors (Lipinski definition) is 1. The Morgan fingerprint density at radius 1 is 1.09 bits per heavy atom. The molecule has 0 aliphatic heterocycles. The Morgan fingerprint density at radius 2 is 1.74 bits per heavy atom. The first-order valence-electron chi connectivity index (χ1n) is 7.05. The molecule has 0 fully saturated rings. The van der Waals surface area contributed by atoms with Crippen LogP contribution in [0, 0.1) is 5.82 Å². The van der Waals surface area contributed by atoms with E-state index in [1.807, 2.05) is 6.07 Å². The number of carbonyl (C=O) groups is 2. The molecule has 0 spiro atoms. The van der Waals surface area contributed by atoms with Crippen molar-refractivity contribution in [3.8, 4) is 0 Å². The second-order valence-corrected chi connectivity index (χ2v) is 4.82. The normalized spacial score (nSPS) is 11.9. The van der Waals surface area contributed by atoms with Gasteiger partial charge in [-0.3, -0.25) is 4.79 Å². The molecule has 0 saturated heterocycles. The van der Waals surface area contributed by atoms with Gasteiger partial charge in [-0.25, -0.2) is 9.18 Å². The molecule has 0 saturated carbocycles. The molecule has 2 aromatic rings. The first kappa shape index (κ1) is 16.4. The maximum absolute atomic E-state index is 12.8. The van der Waals surface area contributed by atoms with Gasteiger partial charge in [-0.05, 0) is 42.8 Å². The van der Waals surface area contributed by atoms with E-state index in [0.717, 1.165) is 0 Å². The first-order chi connectivity index (χ1) is 11.0. The number of carbonyl (C=O) groups excluding carboxylic acids is 2. The minimum absolute atomic E-state index is 0.351. The molecule has 1 N–H and O–H groups in total. The van der Waals surface area contributed by atoms with Crippen LogP contribution in [0.15, 0.2) is 60.7 Å². The number of benzene rings is 2. The molecule has 2 rings (SSSR count). The van der Waals surface area contributed by atoms with Crippen molar-refractivity contribution >= 4 is 23.6 Å². The lowest BCUT2D eigenvalue weighted by molar-refractivity contribution is -0.148. The highest BCUT2D eigenvalue weighted by molar-refractivity contribution is 5.96. The van der Waals surface area contributed by atoms with Gasteiger partial charge in [0.25, 0.3) is 5.91 Å². The van der Waals surface area contributed by atoms with Gasteiger partial charge in [0.1, 0.15) is 5.82 Å². The van der Waals surface area contributed by atoms with E-state index >= 15 is 0 Å². The van der Waals surface area contributed by atoms with Crippen LogP contribution in [0.25, 0.3) is 6.08 Å². The molecular formula is C18H16FNO3. The highest BCUT2D eigenvalue weighted by Crippen LogP contribution is 2.08. The van der Waals surface area contributed by atoms with Crippen molar-refractivity contribution in [2.45, 2.75) is 13.0 Å². The number of ether oxygens (including phenoxy) is 1. The van der Waals surface area contributed by atoms with E-state index in [-0.39, 0.29) is 5.82 Å². The predicted molar refractivity (Wildman–Crippen MR) is 86.1 cm³/mol. The van der Waals surface area contributed by atoms with Gasteiger partial charge in [-0.15, -0.1) is 0 Å². The molecule has 118 valence electrons. The average molecular weight is 313 g/mol. The second-order valence-electron chi connectivity index (χ2n) is 4.82. The monoisotopic (exact) mass is 313 g/mol. The van der Waals surface area contributed by atoms with Crippen LogP contribution in [-0.4, -0.2) is 18.0 Å². The zero-order valence-corrected chi connectivity index (χ0v) is 12.5. The first-order valence-corrected chi connectivity index (χ1v) is 7.05. The Kier molecular flexibility index (Phi) is 5.63. The second kappa shape index (κ2) is 7.89. The van der Waals surface area contributed by atoms with Crippen LogP contribution < -0.4 is 5.32 Å². The Bertz CT molecular complexity index is 696. The zero-order chi connectivity index (χ0) is 16.7. The molecule has 23 heavy (non-hydrogen) atoms. The van der Waals surface area contributed by atoms with E-state index in [1.165, 1.54) is 43.3 Å². The summed E-state index contributed by atoms with van der Waals surface area (Å²) in [5.74, 6) is -1.42. The molecule has 2 aromatic carbocycles. The maximum atomic E-state index is 12.8. The lowest BCUT2D eigenvalue weighted by atomic mass is 10.2. The van der Waals surface area contributed by atoms with Gasteiger partial charge in [0.05, 0.1) is 0 Å². The van der Waals surface area contributed by atoms with E-state index in [0.29, 0.717) is 11.3 Å². The molecule has 0 bridgehead atoms. The average Bonchev–Trinajstić information content (AvgIpc) is 2.55. The smallest absolute Gasteiger partial charge is 0.331 e. The summed E-state index contributed by atoms with van der Waals surface area (Å²) < 4.78 is 17.8. The summed E-state index contributed by atoms with van der Waals surface area (Å²) in [6, 6.07) is 14.5. The fourth-order valence-electron chi connectivity index (χ4n) is 1.77. The number of anilines is 1. The van der Waals surface area contributed by atoms with Gasteiger partial charge >= 0.3 is 5.97 Å². The summed E-state index contributed by atoms with van der Waals surface area (Å²) in [6.45, 7) is 1.49. The lowest BCUT2D eigenvalue weighted by Gasteiger charge is -2.12. The summed E-state index contributed by atoms with van der Waals surface area (Å²) in [5, 5.41) is 2.65. The van der Waals surface area contributed by atoms with Crippen LogP contribution in [0.2, 0.25) is 0 Å². The Hall–Kier alpha value is -2.95. The van der Waals surface area contributed by atoms with Crippen LogP contribution in [0.1, 0.15) is 12.5 Å². The van der Waals surface area contributed by atoms with Crippen molar-refractivity contribution in [1.82, 2.24) is 0 Å². The van der Waals surface area contributed by atoms with E-state index < -0.39 is 18.0 Å². The highest BCUT2D eigenvalue weighted by atomic mass is 19.1. The standard InChI is InChI=1S/C18H16FNO3/c1-13(18(22)20-16-5-3-2-4-6-16)23-17(21)12-9-14-7-10-15(19)11-8-14/h2-13H,1H3,(H,20,22)/b12-9+. The van der Waals surface area contributed by atoms with E-state index in [4.69, 9.17) is 4.74 Å². The van der Waals surface area contributed by atoms with Crippen LogP contribution >= 0.6 is 0 Å². The third-order valence-electron chi connectivity index (χ3n) is 2.99. The van der Waals surface area contributed by atoms with E-state index in [1.54, 1.807) is 24.3 Å². The molecule has 4 nitrogen and oxygen atoms in total. The Labute approximate surface area is 133 Å². The van der Waals surface area contributed by atoms with Crippen molar-refractivity contribution in [2.75, 3.05) is 5.32 Å². The van der Waals surface area contributed by atoms with Crippen LogP contribution in [0.4, 0.5) is 10.1 Å². The van der Waals surface area contributed by atoms with Crippen LogP contribution in [-0.2, 0) is 14.3 Å². The van der Waals surface area contributed by atoms with Gasteiger partial charge in [0, 0.05) is 11.8 Å². The van der Waals surface area contributed by atoms with Gasteiger partial charge in [-0.2, -0.15) is 0 Å². The number of para-hydroxylation sites is 1. The zero-order valence-electron chi connectivity index (χ0n) is 12.5. The van der Waals surface area contributed by atoms with Crippen molar-refractivity contribution in [2.24, 2.45) is 0 Å². The molecule has 1 atom stereocenters. The van der Waals surface area contributed by atoms with Crippen molar-refractivity contribution in [3.63, 3.8) is 0 Å². The number of halogens is 1. The number of rotatable bonds is 5. The van der Waals surface area contributed by atoms with E-state index in [9.17, 15) is 14.0 Å². The summed E-state index contributed by atoms with van der Waals surface area (Å²) >= 11 is 0. The Balaban J connectivity index is 1.86. The van der Waals surface area contributed by atoms with Gasteiger partial charge in [0.15, 0.2) is 6.10 Å². The van der Waals surface area contributed by atoms with Gasteiger partial charge in [0.2, 0.25) is 0 Å². The lowest BCUT2D eigenvalue weighted by Crippen LogP contribution is -2.29. The molecular weight excluding hydrogens is 297 g/mol. The SMILES string of the molecule is CC(OC(=O)/C=C/c1ccc(F)cc1)C(=O)Nc1ccccc1. The molecule has 0 aromatic heterocycles. The third kappa shape index (κ3) is 5.39. The van der Waals surface area contributed by atoms with Crippen molar-refractivity contribution in [3.05, 3.63) is 72.1 Å². The van der Waals surface area contributed by atoms with Crippen LogP contribution in [0.5, 0.6) is 0 Å². The largest absolute Gasteiger partial charge is 0.449 e. The minimum Gasteiger partial charge on any atom is -0.449 e. The molecule has 1 amide bonds. The summed E-state index contributed by atoms with van der Waals surface area (Å²) in [4.78, 5) is 23.6. The molecule has 0 aliphatic carbocycles. The number of nitrogens with one attached hydrogen (secondary N) is 1. The Morgan fingerprint density at radius 3 is 2.39 bits per heavy atom. The van der Waals surface area contributed by atoms with Crippen molar-refractivity contribution in [1.29, 1.82) is 0 Å². The predicted octanol–water partition coefficient (Wildman–Crippen LogP) is 3.41. The summed E-state index contributed by atoms with van der Waals surface area (Å²) in [7, 11) is 0. The number of hydrogen-bond acceptors (Lipinski definition) is 3. The van der Waals surface area contributed by atoms with Crippen molar-refractivity contribution < 1.29 is 18.7 Å². The van der Waals surface area contributed by atoms with E-state index in [2.05, 4.69) is 5.32 Å². The van der Waals surface area contributed by atoms with Gasteiger partial charge in [-0.1, -0.05) is 30.3 Å². The summed E-state index contributed by atoms with van der Waals surface area (Å²) in [6.07, 6.45) is 1.75. The number of amides is 1. The maximum Gasteiger partial charge on any atom is 0.331 e. The molecule has 1 unspecified atom stereocenters. The van der Waals surface area contributed by atoms with Crippen LogP contribution in [0.3, 0.4) is 0 Å². The highest BCUT2D eigenvalue weighted by Gasteiger charge is 2.16. The summed E-state index contributed by atoms with van der Waals surface area (Å²) in [5.41, 5.74) is 1.28. The fourth-order valence-corrected chi connectivity index (χ4v) is 1.77. The molecule has 5 heteroatoms. The molecule has 0 heterocycles. The minimum atomic E-state index is -0.930. The number of esters is 1. The molecule has 0 radical (unpaired) electrons. The fraction of sp³-hybridized carbons (Fsp3) is 0.111. The third-order valence-corrected chi connectivity index (χ3v) is 2.99. The topological polar surface area (TPSA) is 55.4 Å².